The first kappa shape index (κ1) is 14.8. The molecule has 1 aliphatic rings. The van der Waals surface area contributed by atoms with Crippen LogP contribution in [0, 0.1) is 5.92 Å². The molecule has 2 rings (SSSR count). The molecule has 1 aromatic rings. The first-order valence-corrected chi connectivity index (χ1v) is 7.65. The highest BCUT2D eigenvalue weighted by Crippen LogP contribution is 2.34. The predicted octanol–water partition coefficient (Wildman–Crippen LogP) is 3.85. The van der Waals surface area contributed by atoms with E-state index in [1.54, 1.807) is 0 Å². The average Bonchev–Trinajstić information content (AvgIpc) is 2.80. The lowest BCUT2D eigenvalue weighted by molar-refractivity contribution is 0.130. The van der Waals surface area contributed by atoms with Crippen LogP contribution < -0.4 is 5.73 Å². The molecule has 0 spiro atoms. The summed E-state index contributed by atoms with van der Waals surface area (Å²) >= 11 is 5.99. The number of nitrogens with zero attached hydrogens (tertiary/aromatic N) is 1. The second-order valence-corrected chi connectivity index (χ2v) is 6.48. The molecule has 0 aliphatic carbocycles. The van der Waals surface area contributed by atoms with E-state index in [1.165, 1.54) is 18.4 Å². The second-order valence-electron chi connectivity index (χ2n) is 6.05. The van der Waals surface area contributed by atoms with E-state index in [0.717, 1.165) is 11.6 Å². The largest absolute Gasteiger partial charge is 0.326 e. The van der Waals surface area contributed by atoms with Gasteiger partial charge >= 0.3 is 0 Å². The minimum atomic E-state index is 0.125. The van der Waals surface area contributed by atoms with Crippen molar-refractivity contribution in [2.45, 2.75) is 51.7 Å². The van der Waals surface area contributed by atoms with Gasteiger partial charge in [-0.1, -0.05) is 37.6 Å². The molecule has 2 nitrogen and oxygen atoms in total. The maximum absolute atomic E-state index is 6.27. The van der Waals surface area contributed by atoms with Gasteiger partial charge in [-0.2, -0.15) is 0 Å². The van der Waals surface area contributed by atoms with Gasteiger partial charge in [0.15, 0.2) is 0 Å². The van der Waals surface area contributed by atoms with Crippen LogP contribution in [0.5, 0.6) is 0 Å². The molecule has 1 heterocycles. The summed E-state index contributed by atoms with van der Waals surface area (Å²) in [7, 11) is 0. The van der Waals surface area contributed by atoms with Gasteiger partial charge < -0.3 is 5.73 Å². The zero-order valence-corrected chi connectivity index (χ0v) is 12.9. The van der Waals surface area contributed by atoms with Crippen molar-refractivity contribution in [3.63, 3.8) is 0 Å². The fourth-order valence-corrected chi connectivity index (χ4v) is 3.46. The van der Waals surface area contributed by atoms with Crippen molar-refractivity contribution in [2.75, 3.05) is 6.54 Å². The van der Waals surface area contributed by atoms with Crippen LogP contribution in [-0.2, 0) is 0 Å². The summed E-state index contributed by atoms with van der Waals surface area (Å²) in [6.45, 7) is 7.87. The third-order valence-corrected chi connectivity index (χ3v) is 4.43. The summed E-state index contributed by atoms with van der Waals surface area (Å²) < 4.78 is 0. The van der Waals surface area contributed by atoms with Crippen LogP contribution in [-0.4, -0.2) is 23.5 Å². The van der Waals surface area contributed by atoms with Gasteiger partial charge in [-0.3, -0.25) is 4.90 Å². The fourth-order valence-electron chi connectivity index (χ4n) is 3.33. The van der Waals surface area contributed by atoms with Crippen LogP contribution in [0.4, 0.5) is 0 Å². The van der Waals surface area contributed by atoms with Gasteiger partial charge in [0.1, 0.15) is 0 Å². The zero-order valence-electron chi connectivity index (χ0n) is 12.1. The summed E-state index contributed by atoms with van der Waals surface area (Å²) in [6.07, 6.45) is 2.56. The predicted molar refractivity (Wildman–Crippen MR) is 82.4 cm³/mol. The van der Waals surface area contributed by atoms with E-state index in [0.29, 0.717) is 18.0 Å². The van der Waals surface area contributed by atoms with Gasteiger partial charge in [0.2, 0.25) is 0 Å². The lowest BCUT2D eigenvalue weighted by atomic mass is 9.95. The van der Waals surface area contributed by atoms with E-state index in [4.69, 9.17) is 17.3 Å². The van der Waals surface area contributed by atoms with Crippen LogP contribution in [0.2, 0.25) is 5.02 Å². The van der Waals surface area contributed by atoms with Crippen molar-refractivity contribution in [3.05, 3.63) is 34.9 Å². The molecule has 106 valence electrons. The first-order valence-electron chi connectivity index (χ1n) is 7.27. The van der Waals surface area contributed by atoms with Crippen molar-refractivity contribution < 1.29 is 0 Å². The number of nitrogens with two attached hydrogens (primary N) is 1. The molecule has 0 aromatic heterocycles. The number of likely N-dealkylation sites (tertiary alicyclic amines) is 1. The standard InChI is InChI=1S/C16H25ClN2/c1-11(2)15-5-4-10-19(15)16(12(3)18)13-6-8-14(17)9-7-13/h6-9,11-12,15-16H,4-5,10,18H2,1-3H3. The zero-order chi connectivity index (χ0) is 14.0. The lowest BCUT2D eigenvalue weighted by Crippen LogP contribution is -2.43. The molecule has 0 bridgehead atoms. The van der Waals surface area contributed by atoms with Crippen molar-refractivity contribution >= 4 is 11.6 Å². The van der Waals surface area contributed by atoms with Gasteiger partial charge in [0.05, 0.1) is 0 Å². The Morgan fingerprint density at radius 1 is 1.21 bits per heavy atom. The van der Waals surface area contributed by atoms with E-state index in [-0.39, 0.29) is 6.04 Å². The van der Waals surface area contributed by atoms with E-state index in [1.807, 2.05) is 12.1 Å². The average molecular weight is 281 g/mol. The molecule has 0 amide bonds. The Balaban J connectivity index is 2.27. The second kappa shape index (κ2) is 6.25. The molecule has 0 saturated carbocycles. The number of hydrogen-bond acceptors (Lipinski definition) is 2. The number of hydrogen-bond donors (Lipinski definition) is 1. The van der Waals surface area contributed by atoms with Crippen LogP contribution in [0.25, 0.3) is 0 Å². The molecule has 0 radical (unpaired) electrons. The molecule has 3 unspecified atom stereocenters. The Bertz CT molecular complexity index is 400. The Labute approximate surface area is 121 Å². The molecule has 3 atom stereocenters. The normalized spacial score (nSPS) is 23.8. The van der Waals surface area contributed by atoms with Crippen LogP contribution in [0.1, 0.15) is 45.2 Å². The van der Waals surface area contributed by atoms with Gasteiger partial charge in [0.25, 0.3) is 0 Å². The monoisotopic (exact) mass is 280 g/mol. The number of benzene rings is 1. The molecule has 1 saturated heterocycles. The maximum atomic E-state index is 6.27. The van der Waals surface area contributed by atoms with Crippen molar-refractivity contribution in [1.29, 1.82) is 0 Å². The van der Waals surface area contributed by atoms with Crippen molar-refractivity contribution in [3.8, 4) is 0 Å². The maximum Gasteiger partial charge on any atom is 0.0499 e. The summed E-state index contributed by atoms with van der Waals surface area (Å²) in [5, 5.41) is 0.786. The molecule has 19 heavy (non-hydrogen) atoms. The number of rotatable bonds is 4. The van der Waals surface area contributed by atoms with E-state index in [2.05, 4.69) is 37.8 Å². The van der Waals surface area contributed by atoms with Crippen molar-refractivity contribution in [1.82, 2.24) is 4.90 Å². The Morgan fingerprint density at radius 3 is 2.37 bits per heavy atom. The highest BCUT2D eigenvalue weighted by Gasteiger charge is 2.34. The van der Waals surface area contributed by atoms with Crippen molar-refractivity contribution in [2.24, 2.45) is 11.7 Å². The van der Waals surface area contributed by atoms with E-state index >= 15 is 0 Å². The molecular weight excluding hydrogens is 256 g/mol. The molecule has 3 heteroatoms. The highest BCUT2D eigenvalue weighted by atomic mass is 35.5. The third kappa shape index (κ3) is 3.31. The minimum Gasteiger partial charge on any atom is -0.326 e. The highest BCUT2D eigenvalue weighted by molar-refractivity contribution is 6.30. The summed E-state index contributed by atoms with van der Waals surface area (Å²) in [6, 6.07) is 9.23. The van der Waals surface area contributed by atoms with Gasteiger partial charge in [-0.05, 0) is 49.9 Å². The quantitative estimate of drug-likeness (QED) is 0.908. The Morgan fingerprint density at radius 2 is 1.84 bits per heavy atom. The van der Waals surface area contributed by atoms with Crippen LogP contribution >= 0.6 is 11.6 Å². The smallest absolute Gasteiger partial charge is 0.0499 e. The Hall–Kier alpha value is -0.570. The van der Waals surface area contributed by atoms with Gasteiger partial charge in [-0.15, -0.1) is 0 Å². The fraction of sp³-hybridized carbons (Fsp3) is 0.625. The van der Waals surface area contributed by atoms with Crippen LogP contribution in [0.3, 0.4) is 0 Å². The van der Waals surface area contributed by atoms with Gasteiger partial charge in [-0.25, -0.2) is 0 Å². The van der Waals surface area contributed by atoms with Gasteiger partial charge in [0, 0.05) is 23.1 Å². The summed E-state index contributed by atoms with van der Waals surface area (Å²) in [4.78, 5) is 2.60. The third-order valence-electron chi connectivity index (χ3n) is 4.18. The summed E-state index contributed by atoms with van der Waals surface area (Å²) in [5.74, 6) is 0.677. The first-order chi connectivity index (χ1) is 9.00. The molecule has 1 fully saturated rings. The molecule has 2 N–H and O–H groups in total. The summed E-state index contributed by atoms with van der Waals surface area (Å²) in [5.41, 5.74) is 7.56. The van der Waals surface area contributed by atoms with Crippen LogP contribution in [0.15, 0.2) is 24.3 Å². The molecular formula is C16H25ClN2. The topological polar surface area (TPSA) is 29.3 Å². The lowest BCUT2D eigenvalue weighted by Gasteiger charge is -2.37. The SMILES string of the molecule is CC(C)C1CCCN1C(c1ccc(Cl)cc1)C(C)N. The minimum absolute atomic E-state index is 0.125. The number of halogens is 1. The Kier molecular flexibility index (Phi) is 4.88. The van der Waals surface area contributed by atoms with E-state index in [9.17, 15) is 0 Å². The van der Waals surface area contributed by atoms with E-state index < -0.39 is 0 Å². The molecule has 1 aromatic carbocycles. The molecule has 1 aliphatic heterocycles.